The van der Waals surface area contributed by atoms with Crippen molar-refractivity contribution in [2.75, 3.05) is 0 Å². The Kier molecular flexibility index (Phi) is 4.88. The molecule has 0 radical (unpaired) electrons. The van der Waals surface area contributed by atoms with Gasteiger partial charge in [0, 0.05) is 12.4 Å². The summed E-state index contributed by atoms with van der Waals surface area (Å²) in [6.07, 6.45) is 3.92. The third-order valence-electron chi connectivity index (χ3n) is 3.44. The van der Waals surface area contributed by atoms with E-state index in [1.54, 1.807) is 24.5 Å². The van der Waals surface area contributed by atoms with Gasteiger partial charge in [-0.15, -0.1) is 0 Å². The highest BCUT2D eigenvalue weighted by molar-refractivity contribution is 5.89. The van der Waals surface area contributed by atoms with Crippen LogP contribution in [0, 0.1) is 5.92 Å². The van der Waals surface area contributed by atoms with Gasteiger partial charge >= 0.3 is 5.97 Å². The van der Waals surface area contributed by atoms with Gasteiger partial charge in [0.2, 0.25) is 0 Å². The third kappa shape index (κ3) is 3.44. The minimum absolute atomic E-state index is 0.220. The Bertz CT molecular complexity index is 539. The SMILES string of the molecule is CCC(C)C(OC(=O)c1ccncc1)c1ccccc1. The van der Waals surface area contributed by atoms with Crippen molar-refractivity contribution in [1.82, 2.24) is 4.98 Å². The first-order valence-corrected chi connectivity index (χ1v) is 6.88. The van der Waals surface area contributed by atoms with Crippen LogP contribution in [0.25, 0.3) is 0 Å². The molecule has 0 fully saturated rings. The zero-order valence-corrected chi connectivity index (χ0v) is 11.8. The second-order valence-electron chi connectivity index (χ2n) is 4.86. The van der Waals surface area contributed by atoms with E-state index in [1.807, 2.05) is 30.3 Å². The molecule has 3 nitrogen and oxygen atoms in total. The van der Waals surface area contributed by atoms with Crippen molar-refractivity contribution in [3.63, 3.8) is 0 Å². The van der Waals surface area contributed by atoms with Gasteiger partial charge in [-0.05, 0) is 30.0 Å². The number of pyridine rings is 1. The monoisotopic (exact) mass is 269 g/mol. The number of aromatic nitrogens is 1. The minimum Gasteiger partial charge on any atom is -0.454 e. The first-order valence-electron chi connectivity index (χ1n) is 6.88. The first-order chi connectivity index (χ1) is 9.72. The van der Waals surface area contributed by atoms with E-state index in [0.29, 0.717) is 5.56 Å². The Balaban J connectivity index is 2.19. The predicted molar refractivity (Wildman–Crippen MR) is 78.3 cm³/mol. The highest BCUT2D eigenvalue weighted by Crippen LogP contribution is 2.29. The lowest BCUT2D eigenvalue weighted by atomic mass is 9.95. The molecule has 1 aromatic heterocycles. The Morgan fingerprint density at radius 1 is 1.15 bits per heavy atom. The number of carbonyl (C=O) groups excluding carboxylic acids is 1. The average molecular weight is 269 g/mol. The fourth-order valence-electron chi connectivity index (χ4n) is 2.04. The minimum atomic E-state index is -0.304. The molecule has 0 saturated carbocycles. The van der Waals surface area contributed by atoms with E-state index in [-0.39, 0.29) is 18.0 Å². The van der Waals surface area contributed by atoms with Crippen LogP contribution in [0.4, 0.5) is 0 Å². The molecule has 0 spiro atoms. The smallest absolute Gasteiger partial charge is 0.338 e. The molecule has 2 atom stereocenters. The molecule has 0 aliphatic rings. The summed E-state index contributed by atoms with van der Waals surface area (Å²) in [4.78, 5) is 16.1. The molecule has 0 aliphatic heterocycles. The summed E-state index contributed by atoms with van der Waals surface area (Å²) >= 11 is 0. The number of nitrogens with zero attached hydrogens (tertiary/aromatic N) is 1. The topological polar surface area (TPSA) is 39.2 Å². The lowest BCUT2D eigenvalue weighted by molar-refractivity contribution is 0.0148. The maximum atomic E-state index is 12.2. The fourth-order valence-corrected chi connectivity index (χ4v) is 2.04. The van der Waals surface area contributed by atoms with Gasteiger partial charge in [-0.1, -0.05) is 44.2 Å². The summed E-state index contributed by atoms with van der Waals surface area (Å²) in [6.45, 7) is 4.19. The molecule has 104 valence electrons. The summed E-state index contributed by atoms with van der Waals surface area (Å²) in [7, 11) is 0. The van der Waals surface area contributed by atoms with Crippen molar-refractivity contribution >= 4 is 5.97 Å². The molecule has 20 heavy (non-hydrogen) atoms. The van der Waals surface area contributed by atoms with Crippen LogP contribution in [0.1, 0.15) is 42.3 Å². The molecule has 3 heteroatoms. The van der Waals surface area contributed by atoms with E-state index in [4.69, 9.17) is 4.74 Å². The van der Waals surface area contributed by atoms with Crippen LogP contribution in [0.3, 0.4) is 0 Å². The van der Waals surface area contributed by atoms with Gasteiger partial charge in [0.1, 0.15) is 6.10 Å². The zero-order valence-electron chi connectivity index (χ0n) is 11.8. The number of benzene rings is 1. The van der Waals surface area contributed by atoms with E-state index in [9.17, 15) is 4.79 Å². The number of carbonyl (C=O) groups is 1. The first kappa shape index (κ1) is 14.3. The van der Waals surface area contributed by atoms with Gasteiger partial charge in [0.25, 0.3) is 0 Å². The molecule has 0 aliphatic carbocycles. The normalized spacial score (nSPS) is 13.5. The van der Waals surface area contributed by atoms with E-state index in [0.717, 1.165) is 12.0 Å². The van der Waals surface area contributed by atoms with Crippen LogP contribution in [0.2, 0.25) is 0 Å². The number of esters is 1. The molecule has 0 saturated heterocycles. The van der Waals surface area contributed by atoms with Gasteiger partial charge in [-0.2, -0.15) is 0 Å². The molecule has 1 heterocycles. The van der Waals surface area contributed by atoms with Crippen molar-refractivity contribution in [2.45, 2.75) is 26.4 Å². The average Bonchev–Trinajstić information content (AvgIpc) is 2.53. The van der Waals surface area contributed by atoms with E-state index in [2.05, 4.69) is 18.8 Å². The summed E-state index contributed by atoms with van der Waals surface area (Å²) in [5.41, 5.74) is 1.56. The second kappa shape index (κ2) is 6.85. The standard InChI is InChI=1S/C17H19NO2/c1-3-13(2)16(14-7-5-4-6-8-14)20-17(19)15-9-11-18-12-10-15/h4-13,16H,3H2,1-2H3. The second-order valence-corrected chi connectivity index (χ2v) is 4.86. The van der Waals surface area contributed by atoms with Crippen molar-refractivity contribution in [3.05, 3.63) is 66.0 Å². The molecule has 0 bridgehead atoms. The molecule has 1 aromatic carbocycles. The molecule has 2 aromatic rings. The summed E-state index contributed by atoms with van der Waals surface area (Å²) < 4.78 is 5.71. The summed E-state index contributed by atoms with van der Waals surface area (Å²) in [5.74, 6) is -0.0373. The van der Waals surface area contributed by atoms with Gasteiger partial charge < -0.3 is 4.74 Å². The Morgan fingerprint density at radius 3 is 2.40 bits per heavy atom. The van der Waals surface area contributed by atoms with Gasteiger partial charge in [0.15, 0.2) is 0 Å². The van der Waals surface area contributed by atoms with E-state index < -0.39 is 0 Å². The van der Waals surface area contributed by atoms with Crippen molar-refractivity contribution in [2.24, 2.45) is 5.92 Å². The quantitative estimate of drug-likeness (QED) is 0.769. The highest BCUT2D eigenvalue weighted by atomic mass is 16.5. The van der Waals surface area contributed by atoms with Crippen molar-refractivity contribution in [1.29, 1.82) is 0 Å². The molecule has 2 rings (SSSR count). The van der Waals surface area contributed by atoms with Crippen molar-refractivity contribution in [3.8, 4) is 0 Å². The van der Waals surface area contributed by atoms with Crippen LogP contribution in [-0.4, -0.2) is 11.0 Å². The van der Waals surface area contributed by atoms with Crippen LogP contribution < -0.4 is 0 Å². The summed E-state index contributed by atoms with van der Waals surface area (Å²) in [5, 5.41) is 0. The third-order valence-corrected chi connectivity index (χ3v) is 3.44. The van der Waals surface area contributed by atoms with Gasteiger partial charge in [-0.25, -0.2) is 4.79 Å². The van der Waals surface area contributed by atoms with Gasteiger partial charge in [-0.3, -0.25) is 4.98 Å². The maximum absolute atomic E-state index is 12.2. The Labute approximate surface area is 119 Å². The maximum Gasteiger partial charge on any atom is 0.338 e. The highest BCUT2D eigenvalue weighted by Gasteiger charge is 2.22. The zero-order chi connectivity index (χ0) is 14.4. The molecular weight excluding hydrogens is 250 g/mol. The van der Waals surface area contributed by atoms with E-state index in [1.165, 1.54) is 0 Å². The molecule has 0 amide bonds. The Morgan fingerprint density at radius 2 is 1.80 bits per heavy atom. The fraction of sp³-hybridized carbons (Fsp3) is 0.294. The molecular formula is C17H19NO2. The lowest BCUT2D eigenvalue weighted by Crippen LogP contribution is -2.17. The number of rotatable bonds is 5. The van der Waals surface area contributed by atoms with Crippen molar-refractivity contribution < 1.29 is 9.53 Å². The lowest BCUT2D eigenvalue weighted by Gasteiger charge is -2.23. The number of hydrogen-bond donors (Lipinski definition) is 0. The van der Waals surface area contributed by atoms with Gasteiger partial charge in [0.05, 0.1) is 5.56 Å². The largest absolute Gasteiger partial charge is 0.454 e. The molecule has 0 N–H and O–H groups in total. The van der Waals surface area contributed by atoms with Crippen LogP contribution >= 0.6 is 0 Å². The van der Waals surface area contributed by atoms with Crippen LogP contribution in [0.5, 0.6) is 0 Å². The number of hydrogen-bond acceptors (Lipinski definition) is 3. The number of ether oxygens (including phenoxy) is 1. The van der Waals surface area contributed by atoms with E-state index >= 15 is 0 Å². The molecule has 2 unspecified atom stereocenters. The predicted octanol–water partition coefficient (Wildman–Crippen LogP) is 4.03. The Hall–Kier alpha value is -2.16. The summed E-state index contributed by atoms with van der Waals surface area (Å²) in [6, 6.07) is 13.2. The van der Waals surface area contributed by atoms with Crippen LogP contribution in [-0.2, 0) is 4.74 Å². The van der Waals surface area contributed by atoms with Crippen LogP contribution in [0.15, 0.2) is 54.9 Å².